The van der Waals surface area contributed by atoms with Crippen molar-refractivity contribution in [2.24, 2.45) is 5.92 Å². The molecule has 0 amide bonds. The van der Waals surface area contributed by atoms with Crippen LogP contribution >= 0.6 is 0 Å². The number of benzene rings is 1. The number of aromatic hydroxyl groups is 2. The molecule has 0 fully saturated rings. The van der Waals surface area contributed by atoms with Gasteiger partial charge in [-0.3, -0.25) is 0 Å². The normalized spacial score (nSPS) is 19.5. The van der Waals surface area contributed by atoms with Gasteiger partial charge >= 0.3 is 0 Å². The van der Waals surface area contributed by atoms with E-state index in [1.165, 1.54) is 5.57 Å². The number of hydrogen-bond acceptors (Lipinski definition) is 5. The molecule has 0 radical (unpaired) electrons. The van der Waals surface area contributed by atoms with E-state index in [4.69, 9.17) is 0 Å². The molecule has 2 N–H and O–H groups in total. The number of rotatable bonds is 10. The molecule has 0 saturated heterocycles. The lowest BCUT2D eigenvalue weighted by molar-refractivity contribution is 0.396. The number of phenols is 2. The van der Waals surface area contributed by atoms with Crippen molar-refractivity contribution in [3.8, 4) is 11.5 Å². The van der Waals surface area contributed by atoms with Crippen LogP contribution < -0.4 is 0 Å². The van der Waals surface area contributed by atoms with Crippen LogP contribution in [0, 0.1) is 5.92 Å². The lowest BCUT2D eigenvalue weighted by Crippen LogP contribution is -2.23. The van der Waals surface area contributed by atoms with E-state index in [0.717, 1.165) is 37.7 Å². The van der Waals surface area contributed by atoms with E-state index in [-0.39, 0.29) is 34.0 Å². The van der Waals surface area contributed by atoms with Crippen LogP contribution in [0.2, 0.25) is 0 Å². The third kappa shape index (κ3) is 6.13. The number of sulfone groups is 1. The maximum atomic E-state index is 13.3. The molecule has 2 atom stereocenters. The van der Waals surface area contributed by atoms with Crippen LogP contribution in [-0.4, -0.2) is 49.9 Å². The summed E-state index contributed by atoms with van der Waals surface area (Å²) in [5.41, 5.74) is 2.96. The van der Waals surface area contributed by atoms with Crippen molar-refractivity contribution >= 4 is 9.84 Å². The Morgan fingerprint density at radius 2 is 1.94 bits per heavy atom. The Bertz CT molecular complexity index is 931. The molecule has 31 heavy (non-hydrogen) atoms. The summed E-state index contributed by atoms with van der Waals surface area (Å²) in [5.74, 6) is -0.644. The van der Waals surface area contributed by atoms with E-state index < -0.39 is 9.84 Å². The van der Waals surface area contributed by atoms with Gasteiger partial charge < -0.3 is 15.1 Å². The average Bonchev–Trinajstić information content (AvgIpc) is 2.66. The highest BCUT2D eigenvalue weighted by Crippen LogP contribution is 2.49. The molecule has 0 aromatic heterocycles. The molecule has 1 aliphatic carbocycles. The lowest BCUT2D eigenvalue weighted by Gasteiger charge is -2.32. The van der Waals surface area contributed by atoms with Crippen LogP contribution in [0.5, 0.6) is 11.5 Å². The van der Waals surface area contributed by atoms with Gasteiger partial charge in [-0.25, -0.2) is 8.42 Å². The van der Waals surface area contributed by atoms with E-state index in [0.29, 0.717) is 24.1 Å². The van der Waals surface area contributed by atoms with Crippen molar-refractivity contribution in [1.82, 2.24) is 4.90 Å². The fourth-order valence-electron chi connectivity index (χ4n) is 4.44. The van der Waals surface area contributed by atoms with E-state index in [1.807, 2.05) is 38.9 Å². The SMILES string of the molecule is C=C(C)C1CCC(C)=CC1c1c(O)cc(CCCCC)c(S(=O)(=O)CCN(C)C)c1O. The van der Waals surface area contributed by atoms with E-state index in [9.17, 15) is 18.6 Å². The van der Waals surface area contributed by atoms with Crippen LogP contribution in [0.15, 0.2) is 34.8 Å². The zero-order valence-corrected chi connectivity index (χ0v) is 20.6. The van der Waals surface area contributed by atoms with Crippen LogP contribution in [0.3, 0.4) is 0 Å². The second-order valence-corrected chi connectivity index (χ2v) is 11.3. The Kier molecular flexibility index (Phi) is 8.78. The third-order valence-corrected chi connectivity index (χ3v) is 8.03. The first-order valence-corrected chi connectivity index (χ1v) is 12.9. The molecule has 2 unspecified atom stereocenters. The predicted octanol–water partition coefficient (Wildman–Crippen LogP) is 5.18. The Hall–Kier alpha value is -1.79. The van der Waals surface area contributed by atoms with Gasteiger partial charge in [0.15, 0.2) is 9.84 Å². The fourth-order valence-corrected chi connectivity index (χ4v) is 6.22. The van der Waals surface area contributed by atoms with Crippen molar-refractivity contribution in [2.75, 3.05) is 26.4 Å². The van der Waals surface area contributed by atoms with Crippen molar-refractivity contribution in [2.45, 2.75) is 70.1 Å². The summed E-state index contributed by atoms with van der Waals surface area (Å²) in [6.07, 6.45) is 7.12. The monoisotopic (exact) mass is 449 g/mol. The third-order valence-electron chi connectivity index (χ3n) is 6.23. The number of aryl methyl sites for hydroxylation is 1. The van der Waals surface area contributed by atoms with Gasteiger partial charge in [-0.15, -0.1) is 0 Å². The van der Waals surface area contributed by atoms with Crippen LogP contribution in [0.25, 0.3) is 0 Å². The molecule has 0 spiro atoms. The number of allylic oxidation sites excluding steroid dienone is 3. The van der Waals surface area contributed by atoms with E-state index in [2.05, 4.69) is 13.5 Å². The largest absolute Gasteiger partial charge is 0.507 e. The first-order valence-electron chi connectivity index (χ1n) is 11.3. The van der Waals surface area contributed by atoms with Crippen LogP contribution in [0.1, 0.15) is 69.9 Å². The molecular formula is C25H39NO4S. The number of nitrogens with zero attached hydrogens (tertiary/aromatic N) is 1. The van der Waals surface area contributed by atoms with Gasteiger partial charge in [0, 0.05) is 18.0 Å². The van der Waals surface area contributed by atoms with E-state index in [1.54, 1.807) is 6.07 Å². The quantitative estimate of drug-likeness (QED) is 0.380. The van der Waals surface area contributed by atoms with Gasteiger partial charge in [-0.1, -0.05) is 43.6 Å². The maximum Gasteiger partial charge on any atom is 0.183 e. The highest BCUT2D eigenvalue weighted by atomic mass is 32.2. The average molecular weight is 450 g/mol. The summed E-state index contributed by atoms with van der Waals surface area (Å²) < 4.78 is 26.7. The lowest BCUT2D eigenvalue weighted by atomic mass is 9.73. The van der Waals surface area contributed by atoms with Gasteiger partial charge in [0.05, 0.1) is 5.75 Å². The maximum absolute atomic E-state index is 13.3. The van der Waals surface area contributed by atoms with Crippen LogP contribution in [0.4, 0.5) is 0 Å². The Labute approximate surface area is 188 Å². The molecule has 1 aromatic carbocycles. The summed E-state index contributed by atoms with van der Waals surface area (Å²) in [4.78, 5) is 1.81. The molecular weight excluding hydrogens is 410 g/mol. The van der Waals surface area contributed by atoms with Crippen LogP contribution in [-0.2, 0) is 16.3 Å². The minimum atomic E-state index is -3.73. The fraction of sp³-hybridized carbons (Fsp3) is 0.600. The molecule has 6 heteroatoms. The zero-order valence-electron chi connectivity index (χ0n) is 19.7. The predicted molar refractivity (Wildman–Crippen MR) is 128 cm³/mol. The molecule has 2 rings (SSSR count). The minimum Gasteiger partial charge on any atom is -0.507 e. The van der Waals surface area contributed by atoms with Gasteiger partial charge in [0.2, 0.25) is 0 Å². The Morgan fingerprint density at radius 3 is 2.52 bits per heavy atom. The standard InChI is InChI=1S/C25H39NO4S/c1-7-8-9-10-19-16-22(27)23(21-15-18(4)11-12-20(21)17(2)3)24(28)25(19)31(29,30)14-13-26(5)6/h15-16,20-21,27-28H,2,7-14H2,1,3-6H3. The zero-order chi connectivity index (χ0) is 23.3. The smallest absolute Gasteiger partial charge is 0.183 e. The van der Waals surface area contributed by atoms with Gasteiger partial charge in [-0.2, -0.15) is 0 Å². The highest BCUT2D eigenvalue weighted by Gasteiger charge is 2.34. The first-order chi connectivity index (χ1) is 14.5. The van der Waals surface area contributed by atoms with Gasteiger partial charge in [0.1, 0.15) is 16.4 Å². The minimum absolute atomic E-state index is 0.00431. The second-order valence-electron chi connectivity index (χ2n) is 9.26. The summed E-state index contributed by atoms with van der Waals surface area (Å²) in [5, 5.41) is 22.3. The van der Waals surface area contributed by atoms with Crippen molar-refractivity contribution in [1.29, 1.82) is 0 Å². The topological polar surface area (TPSA) is 77.8 Å². The highest BCUT2D eigenvalue weighted by molar-refractivity contribution is 7.91. The Morgan fingerprint density at radius 1 is 1.26 bits per heavy atom. The Balaban J connectivity index is 2.68. The summed E-state index contributed by atoms with van der Waals surface area (Å²) in [6, 6.07) is 1.57. The van der Waals surface area contributed by atoms with Crippen molar-refractivity contribution in [3.63, 3.8) is 0 Å². The second kappa shape index (κ2) is 10.7. The van der Waals surface area contributed by atoms with Gasteiger partial charge in [-0.05, 0) is 71.2 Å². The molecule has 5 nitrogen and oxygen atoms in total. The number of unbranched alkanes of at least 4 members (excludes halogenated alkanes) is 2. The molecule has 1 aliphatic rings. The number of phenolic OH excluding ortho intramolecular Hbond substituents is 2. The van der Waals surface area contributed by atoms with Crippen molar-refractivity contribution < 1.29 is 18.6 Å². The first kappa shape index (κ1) is 25.5. The summed E-state index contributed by atoms with van der Waals surface area (Å²) in [7, 11) is -0.0764. The molecule has 1 aromatic rings. The summed E-state index contributed by atoms with van der Waals surface area (Å²) in [6.45, 7) is 10.5. The number of hydrogen-bond donors (Lipinski definition) is 2. The molecule has 0 aliphatic heterocycles. The molecule has 0 heterocycles. The van der Waals surface area contributed by atoms with E-state index >= 15 is 0 Å². The van der Waals surface area contributed by atoms with Crippen molar-refractivity contribution in [3.05, 3.63) is 41.0 Å². The summed E-state index contributed by atoms with van der Waals surface area (Å²) >= 11 is 0. The van der Waals surface area contributed by atoms with Gasteiger partial charge in [0.25, 0.3) is 0 Å². The molecule has 174 valence electrons. The molecule has 0 saturated carbocycles. The molecule has 0 bridgehead atoms.